The van der Waals surface area contributed by atoms with Gasteiger partial charge in [-0.3, -0.25) is 9.59 Å². The van der Waals surface area contributed by atoms with Gasteiger partial charge >= 0.3 is 5.97 Å². The lowest BCUT2D eigenvalue weighted by Crippen LogP contribution is -2.40. The number of aromatic nitrogens is 1. The van der Waals surface area contributed by atoms with E-state index in [9.17, 15) is 14.4 Å². The summed E-state index contributed by atoms with van der Waals surface area (Å²) in [5.74, 6) is -1.46. The minimum absolute atomic E-state index is 0.348. The summed E-state index contributed by atoms with van der Waals surface area (Å²) in [5.41, 5.74) is 0.729. The molecule has 2 N–H and O–H groups in total. The fraction of sp³-hybridized carbons (Fsp3) is 0.188. The summed E-state index contributed by atoms with van der Waals surface area (Å²) in [6, 6.07) is 8.62. The zero-order valence-corrected chi connectivity index (χ0v) is 13.1. The number of carbonyl (C=O) groups is 3. The molecular formula is C16H15ClN2O4. The maximum Gasteiger partial charge on any atom is 0.328 e. The number of hydrogen-bond acceptors (Lipinski definition) is 4. The van der Waals surface area contributed by atoms with Gasteiger partial charge in [-0.15, -0.1) is 0 Å². The highest BCUT2D eigenvalue weighted by Gasteiger charge is 2.19. The number of hydrogen-bond donors (Lipinski definition) is 2. The van der Waals surface area contributed by atoms with Crippen LogP contribution in [0.5, 0.6) is 0 Å². The third-order valence-corrected chi connectivity index (χ3v) is 3.30. The molecule has 0 aliphatic carbocycles. The Hall–Kier alpha value is -2.60. The minimum Gasteiger partial charge on any atom is -0.456 e. The molecule has 6 nitrogen and oxygen atoms in total. The molecule has 1 heterocycles. The Kier molecular flexibility index (Phi) is 5.54. The number of ether oxygens (including phenoxy) is 1. The quantitative estimate of drug-likeness (QED) is 0.626. The molecule has 0 bridgehead atoms. The molecule has 7 heteroatoms. The molecule has 0 fully saturated rings. The number of esters is 1. The van der Waals surface area contributed by atoms with Crippen LogP contribution in [0.1, 0.15) is 27.8 Å². The first kappa shape index (κ1) is 16.8. The fourth-order valence-electron chi connectivity index (χ4n) is 1.78. The van der Waals surface area contributed by atoms with Crippen LogP contribution >= 0.6 is 11.6 Å². The monoisotopic (exact) mass is 334 g/mol. The second-order valence-corrected chi connectivity index (χ2v) is 5.25. The number of halogens is 1. The number of H-pyrrole nitrogens is 1. The van der Waals surface area contributed by atoms with E-state index in [1.807, 2.05) is 0 Å². The maximum atomic E-state index is 12.0. The minimum atomic E-state index is -0.880. The van der Waals surface area contributed by atoms with E-state index in [0.29, 0.717) is 16.3 Å². The Morgan fingerprint density at radius 3 is 2.52 bits per heavy atom. The Labute approximate surface area is 137 Å². The first-order valence-electron chi connectivity index (χ1n) is 6.87. The van der Waals surface area contributed by atoms with Gasteiger partial charge in [-0.05, 0) is 43.3 Å². The van der Waals surface area contributed by atoms with Crippen molar-refractivity contribution < 1.29 is 19.1 Å². The van der Waals surface area contributed by atoms with Crippen LogP contribution in [0, 0.1) is 0 Å². The van der Waals surface area contributed by atoms with E-state index in [4.69, 9.17) is 16.3 Å². The van der Waals surface area contributed by atoms with Crippen molar-refractivity contribution in [3.05, 3.63) is 58.9 Å². The third-order valence-electron chi connectivity index (χ3n) is 3.05. The lowest BCUT2D eigenvalue weighted by molar-refractivity contribution is -0.144. The smallest absolute Gasteiger partial charge is 0.328 e. The summed E-state index contributed by atoms with van der Waals surface area (Å²) in [5, 5.41) is 3.01. The highest BCUT2D eigenvalue weighted by molar-refractivity contribution is 6.30. The Bertz CT molecular complexity index is 695. The van der Waals surface area contributed by atoms with E-state index < -0.39 is 17.9 Å². The highest BCUT2D eigenvalue weighted by atomic mass is 35.5. The van der Waals surface area contributed by atoms with Gasteiger partial charge in [0.15, 0.2) is 6.61 Å². The van der Waals surface area contributed by atoms with Gasteiger partial charge in [0.05, 0.1) is 5.69 Å². The molecule has 0 saturated heterocycles. The molecule has 0 saturated carbocycles. The second kappa shape index (κ2) is 7.60. The van der Waals surface area contributed by atoms with Crippen LogP contribution in [0.3, 0.4) is 0 Å². The normalized spacial score (nSPS) is 11.6. The van der Waals surface area contributed by atoms with Crippen LogP contribution in [0.15, 0.2) is 42.6 Å². The van der Waals surface area contributed by atoms with Crippen molar-refractivity contribution in [3.63, 3.8) is 0 Å². The summed E-state index contributed by atoms with van der Waals surface area (Å²) >= 11 is 5.75. The maximum absolute atomic E-state index is 12.0. The zero-order chi connectivity index (χ0) is 16.8. The largest absolute Gasteiger partial charge is 0.456 e. The van der Waals surface area contributed by atoms with Gasteiger partial charge in [0.25, 0.3) is 5.91 Å². The summed E-state index contributed by atoms with van der Waals surface area (Å²) in [4.78, 5) is 38.2. The number of Topliss-reactive ketones (excluding diaryl/α,β-unsaturated/α-hetero) is 1. The van der Waals surface area contributed by atoms with E-state index in [0.717, 1.165) is 0 Å². The molecule has 1 aromatic carbocycles. The predicted molar refractivity (Wildman–Crippen MR) is 84.5 cm³/mol. The van der Waals surface area contributed by atoms with Crippen molar-refractivity contribution in [1.29, 1.82) is 0 Å². The highest BCUT2D eigenvalue weighted by Crippen LogP contribution is 2.09. The molecule has 1 atom stereocenters. The van der Waals surface area contributed by atoms with Crippen molar-refractivity contribution in [2.45, 2.75) is 13.0 Å². The number of ketones is 1. The van der Waals surface area contributed by atoms with Crippen LogP contribution in [0.4, 0.5) is 0 Å². The average molecular weight is 335 g/mol. The summed E-state index contributed by atoms with van der Waals surface area (Å²) in [6.07, 6.45) is 1.60. The van der Waals surface area contributed by atoms with Gasteiger partial charge in [0.2, 0.25) is 5.78 Å². The number of benzene rings is 1. The molecule has 0 unspecified atom stereocenters. The van der Waals surface area contributed by atoms with E-state index in [2.05, 4.69) is 10.3 Å². The lowest BCUT2D eigenvalue weighted by atomic mass is 10.2. The number of amides is 1. The van der Waals surface area contributed by atoms with Crippen molar-refractivity contribution in [2.24, 2.45) is 0 Å². The van der Waals surface area contributed by atoms with Crippen molar-refractivity contribution in [1.82, 2.24) is 10.3 Å². The number of carbonyl (C=O) groups excluding carboxylic acids is 3. The molecule has 2 aromatic rings. The molecule has 1 amide bonds. The molecule has 2 rings (SSSR count). The van der Waals surface area contributed by atoms with Crippen molar-refractivity contribution in [3.8, 4) is 0 Å². The molecule has 23 heavy (non-hydrogen) atoms. The first-order valence-corrected chi connectivity index (χ1v) is 7.25. The fourth-order valence-corrected chi connectivity index (χ4v) is 1.91. The van der Waals surface area contributed by atoms with Gasteiger partial charge in [0.1, 0.15) is 6.04 Å². The summed E-state index contributed by atoms with van der Waals surface area (Å²) in [6.45, 7) is 1.09. The molecule has 0 aliphatic rings. The van der Waals surface area contributed by atoms with Crippen molar-refractivity contribution >= 4 is 29.3 Å². The van der Waals surface area contributed by atoms with Crippen LogP contribution in [-0.2, 0) is 9.53 Å². The number of nitrogens with one attached hydrogen (secondary N) is 2. The Morgan fingerprint density at radius 1 is 1.22 bits per heavy atom. The Balaban J connectivity index is 1.83. The predicted octanol–water partition coefficient (Wildman–Crippen LogP) is 2.21. The molecule has 120 valence electrons. The topological polar surface area (TPSA) is 88.3 Å². The van der Waals surface area contributed by atoms with E-state index in [-0.39, 0.29) is 12.4 Å². The lowest BCUT2D eigenvalue weighted by Gasteiger charge is -2.13. The Morgan fingerprint density at radius 2 is 1.91 bits per heavy atom. The summed E-state index contributed by atoms with van der Waals surface area (Å²) in [7, 11) is 0. The zero-order valence-electron chi connectivity index (χ0n) is 12.3. The molecule has 0 radical (unpaired) electrons. The standard InChI is InChI=1S/C16H15ClN2O4/c1-10(19-15(21)11-4-6-12(17)7-5-11)16(22)23-9-14(20)13-3-2-8-18-13/h2-8,10,18H,9H2,1H3,(H,19,21)/t10-/m0/s1. The number of aromatic amines is 1. The van der Waals surface area contributed by atoms with Gasteiger partial charge < -0.3 is 15.0 Å². The van der Waals surface area contributed by atoms with Gasteiger partial charge in [-0.1, -0.05) is 11.6 Å². The first-order chi connectivity index (χ1) is 11.0. The van der Waals surface area contributed by atoms with E-state index in [1.54, 1.807) is 42.6 Å². The average Bonchev–Trinajstić information content (AvgIpc) is 3.07. The van der Waals surface area contributed by atoms with E-state index >= 15 is 0 Å². The molecule has 0 aliphatic heterocycles. The third kappa shape index (κ3) is 4.69. The summed E-state index contributed by atoms with van der Waals surface area (Å²) < 4.78 is 4.90. The van der Waals surface area contributed by atoms with Crippen LogP contribution in [0.25, 0.3) is 0 Å². The second-order valence-electron chi connectivity index (χ2n) is 4.82. The number of rotatable bonds is 6. The van der Waals surface area contributed by atoms with Crippen LogP contribution in [0.2, 0.25) is 5.02 Å². The van der Waals surface area contributed by atoms with Gasteiger partial charge in [0, 0.05) is 16.8 Å². The van der Waals surface area contributed by atoms with Crippen molar-refractivity contribution in [2.75, 3.05) is 6.61 Å². The van der Waals surface area contributed by atoms with Crippen LogP contribution < -0.4 is 5.32 Å². The molecular weight excluding hydrogens is 320 g/mol. The van der Waals surface area contributed by atoms with Gasteiger partial charge in [-0.2, -0.15) is 0 Å². The molecule has 1 aromatic heterocycles. The van der Waals surface area contributed by atoms with Gasteiger partial charge in [-0.25, -0.2) is 4.79 Å². The van der Waals surface area contributed by atoms with Crippen LogP contribution in [-0.4, -0.2) is 35.3 Å². The van der Waals surface area contributed by atoms with E-state index in [1.165, 1.54) is 6.92 Å². The molecule has 0 spiro atoms. The SMILES string of the molecule is C[C@H](NC(=O)c1ccc(Cl)cc1)C(=O)OCC(=O)c1ccc[nH]1.